The van der Waals surface area contributed by atoms with Crippen LogP contribution in [0.2, 0.25) is 0 Å². The Labute approximate surface area is 77.1 Å². The molecule has 2 N–H and O–H groups in total. The van der Waals surface area contributed by atoms with Crippen LogP contribution in [0.15, 0.2) is 0 Å². The molecule has 5 heteroatoms. The Bertz CT molecular complexity index is 156. The van der Waals surface area contributed by atoms with Gasteiger partial charge in [0.05, 0.1) is 19.8 Å². The van der Waals surface area contributed by atoms with Crippen molar-refractivity contribution in [3.8, 4) is 0 Å². The zero-order valence-electron chi connectivity index (χ0n) is 7.53. The molecule has 13 heavy (non-hydrogen) atoms. The Morgan fingerprint density at radius 2 is 2.46 bits per heavy atom. The fourth-order valence-electron chi connectivity index (χ4n) is 1.06. The van der Waals surface area contributed by atoms with Crippen molar-refractivity contribution in [1.82, 2.24) is 0 Å². The smallest absolute Gasteiger partial charge is 0.332 e. The molecule has 0 bridgehead atoms. The summed E-state index contributed by atoms with van der Waals surface area (Å²) in [5.74, 6) is -0.344. The lowest BCUT2D eigenvalue weighted by Crippen LogP contribution is -2.22. The zero-order valence-corrected chi connectivity index (χ0v) is 7.53. The molecule has 0 radical (unpaired) electrons. The van der Waals surface area contributed by atoms with Gasteiger partial charge in [0.15, 0.2) is 0 Å². The first-order valence-electron chi connectivity index (χ1n) is 4.38. The topological polar surface area (TPSA) is 70.8 Å². The van der Waals surface area contributed by atoms with Gasteiger partial charge in [-0.2, -0.15) is 0 Å². The fourth-order valence-corrected chi connectivity index (χ4v) is 1.06. The van der Waals surface area contributed by atoms with Gasteiger partial charge >= 0.3 is 5.97 Å². The number of hydrogen-bond donors (Lipinski definition) is 1. The van der Waals surface area contributed by atoms with Gasteiger partial charge in [0, 0.05) is 13.0 Å². The summed E-state index contributed by atoms with van der Waals surface area (Å²) in [5, 5.41) is 0. The van der Waals surface area contributed by atoms with Crippen LogP contribution >= 0.6 is 0 Å². The van der Waals surface area contributed by atoms with E-state index in [0.29, 0.717) is 26.4 Å². The number of ether oxygens (including phenoxy) is 3. The lowest BCUT2D eigenvalue weighted by molar-refractivity contribution is -0.154. The Hall–Kier alpha value is -0.650. The van der Waals surface area contributed by atoms with E-state index in [9.17, 15) is 4.79 Å². The van der Waals surface area contributed by atoms with Crippen molar-refractivity contribution in [2.24, 2.45) is 5.73 Å². The van der Waals surface area contributed by atoms with E-state index in [1.807, 2.05) is 0 Å². The maximum absolute atomic E-state index is 11.0. The van der Waals surface area contributed by atoms with Crippen molar-refractivity contribution >= 4 is 5.97 Å². The van der Waals surface area contributed by atoms with Crippen LogP contribution in [-0.4, -0.2) is 45.0 Å². The normalized spacial score (nSPS) is 21.8. The molecule has 1 aliphatic rings. The van der Waals surface area contributed by atoms with E-state index >= 15 is 0 Å². The van der Waals surface area contributed by atoms with E-state index in [2.05, 4.69) is 0 Å². The minimum absolute atomic E-state index is 0.0201. The van der Waals surface area contributed by atoms with Crippen molar-refractivity contribution in [2.45, 2.75) is 12.5 Å². The van der Waals surface area contributed by atoms with E-state index in [0.717, 1.165) is 6.42 Å². The standard InChI is InChI=1S/C8H15NO4/c9-2-4-12-6-8(10)13-7-1-3-11-5-7/h7H,1-6,9H2. The average molecular weight is 189 g/mol. The quantitative estimate of drug-likeness (QED) is 0.457. The molecule has 1 unspecified atom stereocenters. The predicted molar refractivity (Wildman–Crippen MR) is 45.2 cm³/mol. The second-order valence-corrected chi connectivity index (χ2v) is 2.82. The highest BCUT2D eigenvalue weighted by atomic mass is 16.6. The van der Waals surface area contributed by atoms with Gasteiger partial charge in [0.2, 0.25) is 0 Å². The first-order valence-corrected chi connectivity index (χ1v) is 4.38. The molecule has 1 atom stereocenters. The number of carbonyl (C=O) groups excluding carboxylic acids is 1. The molecule has 0 amide bonds. The molecule has 0 aromatic heterocycles. The maximum atomic E-state index is 11.0. The van der Waals surface area contributed by atoms with Crippen LogP contribution < -0.4 is 5.73 Å². The van der Waals surface area contributed by atoms with Crippen LogP contribution in [0.1, 0.15) is 6.42 Å². The summed E-state index contributed by atoms with van der Waals surface area (Å²) >= 11 is 0. The van der Waals surface area contributed by atoms with E-state index < -0.39 is 0 Å². The molecular formula is C8H15NO4. The van der Waals surface area contributed by atoms with Crippen molar-refractivity contribution in [2.75, 3.05) is 33.0 Å². The Morgan fingerprint density at radius 3 is 3.08 bits per heavy atom. The summed E-state index contributed by atoms with van der Waals surface area (Å²) in [6.45, 7) is 1.95. The summed E-state index contributed by atoms with van der Waals surface area (Å²) in [5.41, 5.74) is 5.18. The largest absolute Gasteiger partial charge is 0.458 e. The molecule has 0 aromatic carbocycles. The number of hydrogen-bond acceptors (Lipinski definition) is 5. The highest BCUT2D eigenvalue weighted by molar-refractivity contribution is 5.70. The molecule has 0 spiro atoms. The van der Waals surface area contributed by atoms with Crippen molar-refractivity contribution < 1.29 is 19.0 Å². The minimum Gasteiger partial charge on any atom is -0.458 e. The molecule has 0 saturated carbocycles. The van der Waals surface area contributed by atoms with Gasteiger partial charge in [-0.05, 0) is 0 Å². The lowest BCUT2D eigenvalue weighted by Gasteiger charge is -2.09. The third-order valence-electron chi connectivity index (χ3n) is 1.67. The maximum Gasteiger partial charge on any atom is 0.332 e. The monoisotopic (exact) mass is 189 g/mol. The van der Waals surface area contributed by atoms with E-state index in [-0.39, 0.29) is 18.7 Å². The molecular weight excluding hydrogens is 174 g/mol. The van der Waals surface area contributed by atoms with Crippen LogP contribution in [0.3, 0.4) is 0 Å². The fraction of sp³-hybridized carbons (Fsp3) is 0.875. The second-order valence-electron chi connectivity index (χ2n) is 2.82. The van der Waals surface area contributed by atoms with Crippen LogP contribution in [0, 0.1) is 0 Å². The molecule has 1 rings (SSSR count). The Kier molecular flexibility index (Phi) is 4.74. The van der Waals surface area contributed by atoms with Gasteiger partial charge < -0.3 is 19.9 Å². The second kappa shape index (κ2) is 5.90. The van der Waals surface area contributed by atoms with Gasteiger partial charge in [-0.3, -0.25) is 0 Å². The number of esters is 1. The number of nitrogens with two attached hydrogens (primary N) is 1. The number of rotatable bonds is 5. The zero-order chi connectivity index (χ0) is 9.52. The molecule has 0 aromatic rings. The lowest BCUT2D eigenvalue weighted by atomic mass is 10.3. The molecule has 1 heterocycles. The third kappa shape index (κ3) is 4.21. The Balaban J connectivity index is 2.02. The minimum atomic E-state index is -0.344. The predicted octanol–water partition coefficient (Wildman–Crippen LogP) is -0.706. The average Bonchev–Trinajstić information content (AvgIpc) is 2.57. The van der Waals surface area contributed by atoms with E-state index in [4.69, 9.17) is 19.9 Å². The van der Waals surface area contributed by atoms with Gasteiger partial charge in [0.1, 0.15) is 12.7 Å². The van der Waals surface area contributed by atoms with Crippen LogP contribution in [0.4, 0.5) is 0 Å². The summed E-state index contributed by atoms with van der Waals surface area (Å²) in [6, 6.07) is 0. The molecule has 5 nitrogen and oxygen atoms in total. The number of carbonyl (C=O) groups is 1. The molecule has 1 fully saturated rings. The van der Waals surface area contributed by atoms with Gasteiger partial charge in [-0.25, -0.2) is 4.79 Å². The molecule has 76 valence electrons. The van der Waals surface area contributed by atoms with Crippen molar-refractivity contribution in [3.05, 3.63) is 0 Å². The highest BCUT2D eigenvalue weighted by Gasteiger charge is 2.19. The third-order valence-corrected chi connectivity index (χ3v) is 1.67. The van der Waals surface area contributed by atoms with Gasteiger partial charge in [-0.15, -0.1) is 0 Å². The summed E-state index contributed by atoms with van der Waals surface area (Å²) < 4.78 is 15.0. The first kappa shape index (κ1) is 10.4. The van der Waals surface area contributed by atoms with E-state index in [1.54, 1.807) is 0 Å². The molecule has 1 aliphatic heterocycles. The van der Waals surface area contributed by atoms with Crippen molar-refractivity contribution in [1.29, 1.82) is 0 Å². The van der Waals surface area contributed by atoms with Gasteiger partial charge in [-0.1, -0.05) is 0 Å². The van der Waals surface area contributed by atoms with Crippen molar-refractivity contribution in [3.63, 3.8) is 0 Å². The van der Waals surface area contributed by atoms with Crippen LogP contribution in [0.5, 0.6) is 0 Å². The van der Waals surface area contributed by atoms with E-state index in [1.165, 1.54) is 0 Å². The van der Waals surface area contributed by atoms with Gasteiger partial charge in [0.25, 0.3) is 0 Å². The Morgan fingerprint density at radius 1 is 1.62 bits per heavy atom. The summed E-state index contributed by atoms with van der Waals surface area (Å²) in [4.78, 5) is 11.0. The molecule has 0 aliphatic carbocycles. The van der Waals surface area contributed by atoms with Crippen LogP contribution in [0.25, 0.3) is 0 Å². The summed E-state index contributed by atoms with van der Waals surface area (Å²) in [7, 11) is 0. The molecule has 1 saturated heterocycles. The highest BCUT2D eigenvalue weighted by Crippen LogP contribution is 2.07. The first-order chi connectivity index (χ1) is 6.33. The van der Waals surface area contributed by atoms with Crippen LogP contribution in [-0.2, 0) is 19.0 Å². The summed E-state index contributed by atoms with van der Waals surface area (Å²) in [6.07, 6.45) is 0.691. The SMILES string of the molecule is NCCOCC(=O)OC1CCOC1.